The summed E-state index contributed by atoms with van der Waals surface area (Å²) in [6, 6.07) is 25.7. The molecule has 0 fully saturated rings. The first-order chi connectivity index (χ1) is 14.2. The van der Waals surface area contributed by atoms with Gasteiger partial charge >= 0.3 is 0 Å². The highest BCUT2D eigenvalue weighted by atomic mass is 16.6. The number of carbonyl (C=O) groups excluding carboxylic acids is 1. The number of para-hydroxylation sites is 2. The Hall–Kier alpha value is -3.60. The van der Waals surface area contributed by atoms with Crippen molar-refractivity contribution in [2.75, 3.05) is 6.61 Å². The average Bonchev–Trinajstić information content (AvgIpc) is 2.80. The van der Waals surface area contributed by atoms with Gasteiger partial charge in [0.15, 0.2) is 11.5 Å². The molecule has 0 bridgehead atoms. The molecule has 0 aliphatic carbocycles. The highest BCUT2D eigenvalue weighted by Crippen LogP contribution is 2.30. The number of ether oxygens (including phenoxy) is 2. The zero-order valence-corrected chi connectivity index (χ0v) is 16.2. The van der Waals surface area contributed by atoms with Crippen LogP contribution in [-0.2, 0) is 4.79 Å². The van der Waals surface area contributed by atoms with E-state index >= 15 is 0 Å². The minimum atomic E-state index is -0.729. The molecule has 0 spiro atoms. The maximum Gasteiger partial charge on any atom is 0.284 e. The first-order valence-electron chi connectivity index (χ1n) is 9.65. The molecule has 146 valence electrons. The highest BCUT2D eigenvalue weighted by Gasteiger charge is 2.27. The minimum absolute atomic E-state index is 0.158. The van der Waals surface area contributed by atoms with Crippen LogP contribution in [0.2, 0.25) is 0 Å². The second-order valence-corrected chi connectivity index (χ2v) is 6.70. The number of hydrogen-bond acceptors (Lipinski definition) is 4. The summed E-state index contributed by atoms with van der Waals surface area (Å²) >= 11 is 0. The maximum atomic E-state index is 12.5. The van der Waals surface area contributed by atoms with Crippen molar-refractivity contribution in [3.05, 3.63) is 84.4 Å². The fourth-order valence-corrected chi connectivity index (χ4v) is 3.18. The standard InChI is InChI=1S/C24H22N2O3/c1-2-20(19-14-12-18(13-15-19)17-8-4-3-5-9-17)25-26-24(27)23-16-28-21-10-6-7-11-22(21)29-23/h3-15,23H,2,16H2,1H3,(H,26,27)/b25-20-/t23-/m0/s1. The van der Waals surface area contributed by atoms with Gasteiger partial charge in [-0.1, -0.05) is 73.7 Å². The van der Waals surface area contributed by atoms with Gasteiger partial charge in [0.25, 0.3) is 5.91 Å². The van der Waals surface area contributed by atoms with Crippen LogP contribution in [0, 0.1) is 0 Å². The van der Waals surface area contributed by atoms with E-state index in [0.717, 1.165) is 22.4 Å². The lowest BCUT2D eigenvalue weighted by Crippen LogP contribution is -2.42. The smallest absolute Gasteiger partial charge is 0.284 e. The van der Waals surface area contributed by atoms with Crippen LogP contribution in [0.15, 0.2) is 84.0 Å². The normalized spacial score (nSPS) is 15.6. The Labute approximate surface area is 170 Å². The number of hydrazone groups is 1. The van der Waals surface area contributed by atoms with E-state index in [0.29, 0.717) is 17.9 Å². The number of carbonyl (C=O) groups is 1. The van der Waals surface area contributed by atoms with Crippen LogP contribution >= 0.6 is 0 Å². The summed E-state index contributed by atoms with van der Waals surface area (Å²) in [6.07, 6.45) is -0.0391. The Bertz CT molecular complexity index is 1010. The molecule has 1 aliphatic rings. The van der Waals surface area contributed by atoms with Crippen molar-refractivity contribution >= 4 is 11.6 Å². The number of fused-ring (bicyclic) bond motifs is 1. The zero-order valence-electron chi connectivity index (χ0n) is 16.2. The molecule has 0 unspecified atom stereocenters. The van der Waals surface area contributed by atoms with Gasteiger partial charge in [0.05, 0.1) is 5.71 Å². The average molecular weight is 386 g/mol. The third-order valence-electron chi connectivity index (χ3n) is 4.76. The molecule has 0 saturated heterocycles. The van der Waals surface area contributed by atoms with Gasteiger partial charge in [0, 0.05) is 0 Å². The summed E-state index contributed by atoms with van der Waals surface area (Å²) in [5, 5.41) is 4.33. The van der Waals surface area contributed by atoms with Crippen molar-refractivity contribution in [3.63, 3.8) is 0 Å². The second kappa shape index (κ2) is 8.61. The van der Waals surface area contributed by atoms with Gasteiger partial charge in [-0.3, -0.25) is 4.79 Å². The quantitative estimate of drug-likeness (QED) is 0.521. The van der Waals surface area contributed by atoms with E-state index in [1.807, 2.05) is 55.5 Å². The largest absolute Gasteiger partial charge is 0.485 e. The zero-order chi connectivity index (χ0) is 20.1. The molecule has 4 rings (SSSR count). The van der Waals surface area contributed by atoms with Gasteiger partial charge < -0.3 is 9.47 Å². The molecular formula is C24H22N2O3. The third-order valence-corrected chi connectivity index (χ3v) is 4.76. The van der Waals surface area contributed by atoms with Crippen molar-refractivity contribution in [1.29, 1.82) is 0 Å². The van der Waals surface area contributed by atoms with Gasteiger partial charge in [-0.25, -0.2) is 5.43 Å². The molecule has 1 atom stereocenters. The number of nitrogens with zero attached hydrogens (tertiary/aromatic N) is 1. The summed E-state index contributed by atoms with van der Waals surface area (Å²) in [6.45, 7) is 2.16. The van der Waals surface area contributed by atoms with Crippen LogP contribution in [0.5, 0.6) is 11.5 Å². The molecule has 1 amide bonds. The molecule has 1 heterocycles. The van der Waals surface area contributed by atoms with Crippen LogP contribution in [-0.4, -0.2) is 24.3 Å². The lowest BCUT2D eigenvalue weighted by atomic mass is 10.0. The molecule has 5 heteroatoms. The van der Waals surface area contributed by atoms with Crippen molar-refractivity contribution in [3.8, 4) is 22.6 Å². The molecule has 5 nitrogen and oxygen atoms in total. The molecule has 0 saturated carbocycles. The fourth-order valence-electron chi connectivity index (χ4n) is 3.18. The lowest BCUT2D eigenvalue weighted by Gasteiger charge is -2.24. The Kier molecular flexibility index (Phi) is 5.56. The minimum Gasteiger partial charge on any atom is -0.485 e. The van der Waals surface area contributed by atoms with Gasteiger partial charge in [-0.15, -0.1) is 0 Å². The van der Waals surface area contributed by atoms with Crippen molar-refractivity contribution in [2.45, 2.75) is 19.4 Å². The number of amides is 1. The van der Waals surface area contributed by atoms with E-state index in [1.54, 1.807) is 6.07 Å². The van der Waals surface area contributed by atoms with Gasteiger partial charge in [0.2, 0.25) is 6.10 Å². The van der Waals surface area contributed by atoms with Crippen LogP contribution in [0.3, 0.4) is 0 Å². The number of benzene rings is 3. The van der Waals surface area contributed by atoms with Crippen molar-refractivity contribution in [2.24, 2.45) is 5.10 Å². The molecule has 29 heavy (non-hydrogen) atoms. The highest BCUT2D eigenvalue weighted by molar-refractivity contribution is 6.01. The monoisotopic (exact) mass is 386 g/mol. The van der Waals surface area contributed by atoms with Crippen LogP contribution < -0.4 is 14.9 Å². The Balaban J connectivity index is 1.43. The van der Waals surface area contributed by atoms with Crippen LogP contribution in [0.1, 0.15) is 18.9 Å². The van der Waals surface area contributed by atoms with E-state index in [-0.39, 0.29) is 12.5 Å². The second-order valence-electron chi connectivity index (χ2n) is 6.70. The third kappa shape index (κ3) is 4.29. The molecular weight excluding hydrogens is 364 g/mol. The molecule has 0 aromatic heterocycles. The summed E-state index contributed by atoms with van der Waals surface area (Å²) in [5.41, 5.74) is 6.70. The molecule has 0 radical (unpaired) electrons. The SMILES string of the molecule is CC/C(=N/NC(=O)[C@@H]1COc2ccccc2O1)c1ccc(-c2ccccc2)cc1. The Morgan fingerprint density at radius 1 is 0.931 bits per heavy atom. The summed E-state index contributed by atoms with van der Waals surface area (Å²) in [4.78, 5) is 12.5. The summed E-state index contributed by atoms with van der Waals surface area (Å²) in [7, 11) is 0. The van der Waals surface area contributed by atoms with E-state index in [1.165, 1.54) is 0 Å². The van der Waals surface area contributed by atoms with Gasteiger partial charge in [0.1, 0.15) is 6.61 Å². The predicted molar refractivity (Wildman–Crippen MR) is 113 cm³/mol. The number of hydrogen-bond donors (Lipinski definition) is 1. The van der Waals surface area contributed by atoms with E-state index in [4.69, 9.17) is 9.47 Å². The van der Waals surface area contributed by atoms with Gasteiger partial charge in [-0.05, 0) is 35.2 Å². The van der Waals surface area contributed by atoms with Crippen molar-refractivity contribution in [1.82, 2.24) is 5.43 Å². The predicted octanol–water partition coefficient (Wildman–Crippen LogP) is 4.42. The Morgan fingerprint density at radius 2 is 1.59 bits per heavy atom. The molecule has 3 aromatic carbocycles. The fraction of sp³-hybridized carbons (Fsp3) is 0.167. The van der Waals surface area contributed by atoms with Crippen molar-refractivity contribution < 1.29 is 14.3 Å². The lowest BCUT2D eigenvalue weighted by molar-refractivity contribution is -0.130. The number of nitrogens with one attached hydrogen (secondary N) is 1. The maximum absolute atomic E-state index is 12.5. The molecule has 1 N–H and O–H groups in total. The Morgan fingerprint density at radius 3 is 2.31 bits per heavy atom. The first kappa shape index (κ1) is 18.7. The van der Waals surface area contributed by atoms with E-state index in [2.05, 4.69) is 34.8 Å². The topological polar surface area (TPSA) is 59.9 Å². The molecule has 3 aromatic rings. The summed E-state index contributed by atoms with van der Waals surface area (Å²) in [5.74, 6) is 0.884. The van der Waals surface area contributed by atoms with E-state index < -0.39 is 6.10 Å². The number of rotatable bonds is 5. The summed E-state index contributed by atoms with van der Waals surface area (Å²) < 4.78 is 11.3. The first-order valence-corrected chi connectivity index (χ1v) is 9.65. The van der Waals surface area contributed by atoms with E-state index in [9.17, 15) is 4.79 Å². The van der Waals surface area contributed by atoms with Crippen LogP contribution in [0.4, 0.5) is 0 Å². The van der Waals surface area contributed by atoms with Crippen LogP contribution in [0.25, 0.3) is 11.1 Å². The molecule has 1 aliphatic heterocycles. The van der Waals surface area contributed by atoms with Gasteiger partial charge in [-0.2, -0.15) is 5.10 Å².